The molecule has 0 unspecified atom stereocenters. The second kappa shape index (κ2) is 10.4. The molecular formula is C23H29N5O2. The van der Waals surface area contributed by atoms with E-state index in [4.69, 9.17) is 14.7 Å². The van der Waals surface area contributed by atoms with Gasteiger partial charge in [-0.2, -0.15) is 5.26 Å². The molecule has 2 aromatic rings. The average Bonchev–Trinajstić information content (AvgIpc) is 2.82. The number of guanidine groups is 1. The lowest BCUT2D eigenvalue weighted by molar-refractivity contribution is 0.393. The number of piperidine rings is 1. The number of nitrogens with zero attached hydrogens (tertiary/aromatic N) is 3. The fourth-order valence-electron chi connectivity index (χ4n) is 3.53. The van der Waals surface area contributed by atoms with Crippen molar-refractivity contribution in [2.24, 2.45) is 4.99 Å². The summed E-state index contributed by atoms with van der Waals surface area (Å²) in [4.78, 5) is 6.71. The molecular weight excluding hydrogens is 378 g/mol. The number of ether oxygens (including phenoxy) is 2. The maximum absolute atomic E-state index is 8.90. The smallest absolute Gasteiger partial charge is 0.191 e. The number of nitrogens with one attached hydrogen (secondary N) is 2. The zero-order chi connectivity index (χ0) is 21.3. The maximum Gasteiger partial charge on any atom is 0.191 e. The first-order valence-corrected chi connectivity index (χ1v) is 10.1. The standard InChI is InChI=1S/C23H29N5O2/c1-25-23(26-16-18-6-4-17(15-24)5-7-18)27-19-8-10-28(11-9-19)20-12-21(29-2)14-22(13-20)30-3/h4-7,12-14,19H,8-11,16H2,1-3H3,(H2,25,26,27). The van der Waals surface area contributed by atoms with Crippen molar-refractivity contribution in [3.8, 4) is 17.6 Å². The third-order valence-electron chi connectivity index (χ3n) is 5.30. The molecule has 0 amide bonds. The molecule has 2 aromatic carbocycles. The zero-order valence-corrected chi connectivity index (χ0v) is 17.8. The second-order valence-corrected chi connectivity index (χ2v) is 7.21. The molecule has 158 valence electrons. The number of rotatable bonds is 6. The van der Waals surface area contributed by atoms with E-state index in [1.165, 1.54) is 0 Å². The molecule has 0 aromatic heterocycles. The number of benzene rings is 2. The van der Waals surface area contributed by atoms with E-state index < -0.39 is 0 Å². The molecule has 1 saturated heterocycles. The van der Waals surface area contributed by atoms with Gasteiger partial charge in [-0.3, -0.25) is 4.99 Å². The van der Waals surface area contributed by atoms with Crippen LogP contribution in [-0.2, 0) is 6.54 Å². The van der Waals surface area contributed by atoms with E-state index in [0.29, 0.717) is 18.2 Å². The number of hydrogen-bond acceptors (Lipinski definition) is 5. The van der Waals surface area contributed by atoms with Crippen LogP contribution in [0, 0.1) is 11.3 Å². The SMILES string of the molecule is CN=C(NCc1ccc(C#N)cc1)NC1CCN(c2cc(OC)cc(OC)c2)CC1. The van der Waals surface area contributed by atoms with E-state index in [-0.39, 0.29) is 0 Å². The minimum absolute atomic E-state index is 0.362. The Bertz CT molecular complexity index is 875. The molecule has 0 atom stereocenters. The summed E-state index contributed by atoms with van der Waals surface area (Å²) < 4.78 is 10.8. The molecule has 0 radical (unpaired) electrons. The lowest BCUT2D eigenvalue weighted by Gasteiger charge is -2.34. The summed E-state index contributed by atoms with van der Waals surface area (Å²) in [6, 6.07) is 16.1. The van der Waals surface area contributed by atoms with Gasteiger partial charge in [-0.05, 0) is 30.5 Å². The molecule has 1 aliphatic rings. The van der Waals surface area contributed by atoms with Crippen molar-refractivity contribution in [1.82, 2.24) is 10.6 Å². The van der Waals surface area contributed by atoms with E-state index in [0.717, 1.165) is 54.6 Å². The van der Waals surface area contributed by atoms with Gasteiger partial charge in [0.15, 0.2) is 5.96 Å². The fraction of sp³-hybridized carbons (Fsp3) is 0.391. The van der Waals surface area contributed by atoms with Crippen molar-refractivity contribution < 1.29 is 9.47 Å². The van der Waals surface area contributed by atoms with E-state index in [2.05, 4.69) is 26.6 Å². The number of methoxy groups -OCH3 is 2. The molecule has 2 N–H and O–H groups in total. The minimum Gasteiger partial charge on any atom is -0.497 e. The lowest BCUT2D eigenvalue weighted by atomic mass is 10.0. The molecule has 7 nitrogen and oxygen atoms in total. The molecule has 30 heavy (non-hydrogen) atoms. The van der Waals surface area contributed by atoms with Gasteiger partial charge in [0.05, 0.1) is 25.9 Å². The molecule has 0 bridgehead atoms. The highest BCUT2D eigenvalue weighted by atomic mass is 16.5. The van der Waals surface area contributed by atoms with Crippen molar-refractivity contribution in [3.05, 3.63) is 53.6 Å². The Morgan fingerprint density at radius 3 is 2.27 bits per heavy atom. The number of nitriles is 1. The third kappa shape index (κ3) is 5.57. The highest BCUT2D eigenvalue weighted by molar-refractivity contribution is 5.80. The van der Waals surface area contributed by atoms with Crippen LogP contribution in [0.15, 0.2) is 47.5 Å². The summed E-state index contributed by atoms with van der Waals surface area (Å²) in [6.45, 7) is 2.55. The van der Waals surface area contributed by atoms with Crippen molar-refractivity contribution >= 4 is 11.6 Å². The normalized spacial score (nSPS) is 14.7. The second-order valence-electron chi connectivity index (χ2n) is 7.21. The Balaban J connectivity index is 1.51. The van der Waals surface area contributed by atoms with Gasteiger partial charge in [0, 0.05) is 56.6 Å². The summed E-state index contributed by atoms with van der Waals surface area (Å²) in [6.07, 6.45) is 2.02. The van der Waals surface area contributed by atoms with Crippen molar-refractivity contribution in [1.29, 1.82) is 5.26 Å². The van der Waals surface area contributed by atoms with Gasteiger partial charge >= 0.3 is 0 Å². The van der Waals surface area contributed by atoms with Gasteiger partial charge in [0.2, 0.25) is 0 Å². The average molecular weight is 408 g/mol. The van der Waals surface area contributed by atoms with Crippen LogP contribution in [0.1, 0.15) is 24.0 Å². The van der Waals surface area contributed by atoms with Gasteiger partial charge < -0.3 is 25.0 Å². The summed E-state index contributed by atoms with van der Waals surface area (Å²) in [5.41, 5.74) is 2.90. The predicted octanol–water partition coefficient (Wildman–Crippen LogP) is 2.91. The van der Waals surface area contributed by atoms with Gasteiger partial charge in [-0.1, -0.05) is 12.1 Å². The maximum atomic E-state index is 8.90. The largest absolute Gasteiger partial charge is 0.497 e. The molecule has 0 aliphatic carbocycles. The van der Waals surface area contributed by atoms with E-state index in [9.17, 15) is 0 Å². The monoisotopic (exact) mass is 407 g/mol. The third-order valence-corrected chi connectivity index (χ3v) is 5.30. The molecule has 0 saturated carbocycles. The Kier molecular flexibility index (Phi) is 7.39. The van der Waals surface area contributed by atoms with Crippen LogP contribution in [0.3, 0.4) is 0 Å². The Labute approximate surface area is 178 Å². The molecule has 1 fully saturated rings. The highest BCUT2D eigenvalue weighted by Gasteiger charge is 2.21. The Morgan fingerprint density at radius 1 is 1.10 bits per heavy atom. The number of hydrogen-bond donors (Lipinski definition) is 2. The highest BCUT2D eigenvalue weighted by Crippen LogP contribution is 2.30. The fourth-order valence-corrected chi connectivity index (χ4v) is 3.53. The van der Waals surface area contributed by atoms with E-state index in [1.54, 1.807) is 21.3 Å². The quantitative estimate of drug-likeness (QED) is 0.566. The van der Waals surface area contributed by atoms with Crippen molar-refractivity contribution in [2.45, 2.75) is 25.4 Å². The molecule has 1 aliphatic heterocycles. The lowest BCUT2D eigenvalue weighted by Crippen LogP contribution is -2.48. The van der Waals surface area contributed by atoms with Crippen LogP contribution in [-0.4, -0.2) is 46.4 Å². The predicted molar refractivity (Wildman–Crippen MR) is 119 cm³/mol. The van der Waals surface area contributed by atoms with Crippen molar-refractivity contribution in [2.75, 3.05) is 39.3 Å². The van der Waals surface area contributed by atoms with Crippen LogP contribution < -0.4 is 25.0 Å². The van der Waals surface area contributed by atoms with E-state index >= 15 is 0 Å². The summed E-state index contributed by atoms with van der Waals surface area (Å²) in [7, 11) is 5.13. The summed E-state index contributed by atoms with van der Waals surface area (Å²) >= 11 is 0. The molecule has 7 heteroatoms. The van der Waals surface area contributed by atoms with Gasteiger partial charge in [-0.25, -0.2) is 0 Å². The van der Waals surface area contributed by atoms with Gasteiger partial charge in [0.25, 0.3) is 0 Å². The summed E-state index contributed by atoms with van der Waals surface area (Å²) in [5.74, 6) is 2.40. The first-order valence-electron chi connectivity index (χ1n) is 10.1. The van der Waals surface area contributed by atoms with Gasteiger partial charge in [-0.15, -0.1) is 0 Å². The topological polar surface area (TPSA) is 81.9 Å². The first kappa shape index (κ1) is 21.3. The number of aliphatic imine (C=N–C) groups is 1. The molecule has 3 rings (SSSR count). The van der Waals surface area contributed by atoms with Crippen LogP contribution >= 0.6 is 0 Å². The van der Waals surface area contributed by atoms with Crippen molar-refractivity contribution in [3.63, 3.8) is 0 Å². The number of anilines is 1. The van der Waals surface area contributed by atoms with E-state index in [1.807, 2.05) is 42.5 Å². The van der Waals surface area contributed by atoms with Crippen LogP contribution in [0.2, 0.25) is 0 Å². The minimum atomic E-state index is 0.362. The first-order chi connectivity index (χ1) is 14.6. The molecule has 1 heterocycles. The Hall–Kier alpha value is -3.40. The molecule has 0 spiro atoms. The van der Waals surface area contributed by atoms with Gasteiger partial charge in [0.1, 0.15) is 11.5 Å². The summed E-state index contributed by atoms with van der Waals surface area (Å²) in [5, 5.41) is 15.8. The van der Waals surface area contributed by atoms with Crippen LogP contribution in [0.5, 0.6) is 11.5 Å². The zero-order valence-electron chi connectivity index (χ0n) is 17.8. The Morgan fingerprint density at radius 2 is 1.73 bits per heavy atom. The van der Waals surface area contributed by atoms with Crippen LogP contribution in [0.25, 0.3) is 0 Å². The van der Waals surface area contributed by atoms with Crippen LogP contribution in [0.4, 0.5) is 5.69 Å².